The van der Waals surface area contributed by atoms with Gasteiger partial charge in [0.25, 0.3) is 0 Å². The van der Waals surface area contributed by atoms with Crippen LogP contribution in [0.4, 0.5) is 0 Å². The number of halogens is 1. The molecule has 1 N–H and O–H groups in total. The lowest BCUT2D eigenvalue weighted by Gasteiger charge is -2.10. The number of aryl methyl sites for hydroxylation is 1. The molecule has 0 aliphatic carbocycles. The molecule has 0 spiro atoms. The lowest BCUT2D eigenvalue weighted by Crippen LogP contribution is -2.08. The van der Waals surface area contributed by atoms with Crippen LogP contribution in [-0.2, 0) is 30.6 Å². The molecule has 2 rings (SSSR count). The van der Waals surface area contributed by atoms with Gasteiger partial charge in [-0.05, 0) is 49.1 Å². The van der Waals surface area contributed by atoms with Crippen molar-refractivity contribution in [2.45, 2.75) is 46.6 Å². The summed E-state index contributed by atoms with van der Waals surface area (Å²) < 4.78 is 7.74. The molecular formula is C24H29ClN2O3. The highest BCUT2D eigenvalue weighted by atomic mass is 35.5. The number of benzene rings is 1. The van der Waals surface area contributed by atoms with Crippen molar-refractivity contribution in [3.8, 4) is 5.75 Å². The van der Waals surface area contributed by atoms with Gasteiger partial charge in [0.1, 0.15) is 12.4 Å². The second-order valence-corrected chi connectivity index (χ2v) is 7.54. The molecule has 0 bridgehead atoms. The van der Waals surface area contributed by atoms with Crippen molar-refractivity contribution < 1.29 is 14.6 Å². The van der Waals surface area contributed by atoms with Crippen molar-refractivity contribution in [2.75, 3.05) is 6.61 Å². The Labute approximate surface area is 183 Å². The zero-order valence-electron chi connectivity index (χ0n) is 17.8. The van der Waals surface area contributed by atoms with Crippen molar-refractivity contribution in [1.82, 2.24) is 9.78 Å². The number of carboxylic acids is 1. The maximum atomic E-state index is 11.2. The monoisotopic (exact) mass is 428 g/mol. The predicted octanol–water partition coefficient (Wildman–Crippen LogP) is 5.32. The van der Waals surface area contributed by atoms with Crippen molar-refractivity contribution in [1.29, 1.82) is 0 Å². The zero-order chi connectivity index (χ0) is 22.1. The topological polar surface area (TPSA) is 64.4 Å². The van der Waals surface area contributed by atoms with Crippen LogP contribution in [0.1, 0.15) is 43.3 Å². The van der Waals surface area contributed by atoms with Crippen LogP contribution in [0.2, 0.25) is 0 Å². The van der Waals surface area contributed by atoms with E-state index >= 15 is 0 Å². The van der Waals surface area contributed by atoms with Gasteiger partial charge in [-0.25, -0.2) is 0 Å². The molecule has 0 atom stereocenters. The third kappa shape index (κ3) is 6.92. The van der Waals surface area contributed by atoms with E-state index in [2.05, 4.69) is 11.7 Å². The smallest absolute Gasteiger partial charge is 0.307 e. The number of hydrogen-bond acceptors (Lipinski definition) is 3. The Bertz CT molecular complexity index is 940. The molecule has 0 fully saturated rings. The minimum Gasteiger partial charge on any atom is -0.489 e. The highest BCUT2D eigenvalue weighted by Gasteiger charge is 2.18. The standard InChI is InChI=1S/C24H29ClN2O3/c1-5-22-21(14-24(28)29)23(6-2)27(26-22)15-19-10-12-20(13-11-19)30-16-17(3)8-7-9-18(4)25/h7-13H,4-6,14-16H2,1-3H3,(H,28,29)/b9-7-,17-8+. The number of carboxylic acid groups (broad SMARTS) is 1. The molecule has 2 aromatic rings. The molecule has 5 nitrogen and oxygen atoms in total. The molecule has 6 heteroatoms. The summed E-state index contributed by atoms with van der Waals surface area (Å²) in [6.07, 6.45) is 6.98. The van der Waals surface area contributed by atoms with Crippen LogP contribution in [-0.4, -0.2) is 27.5 Å². The molecule has 1 heterocycles. The van der Waals surface area contributed by atoms with Gasteiger partial charge in [0.2, 0.25) is 0 Å². The zero-order valence-corrected chi connectivity index (χ0v) is 18.6. The minimum absolute atomic E-state index is 0.0141. The van der Waals surface area contributed by atoms with Crippen LogP contribution in [0.15, 0.2) is 59.7 Å². The first-order valence-electron chi connectivity index (χ1n) is 10.0. The second kappa shape index (κ2) is 11.4. The highest BCUT2D eigenvalue weighted by Crippen LogP contribution is 2.20. The normalized spacial score (nSPS) is 11.8. The van der Waals surface area contributed by atoms with Gasteiger partial charge in [0.05, 0.1) is 18.7 Å². The maximum absolute atomic E-state index is 11.2. The van der Waals surface area contributed by atoms with Gasteiger partial charge in [-0.1, -0.05) is 56.3 Å². The van der Waals surface area contributed by atoms with E-state index < -0.39 is 5.97 Å². The van der Waals surface area contributed by atoms with Crippen LogP contribution in [0.3, 0.4) is 0 Å². The van der Waals surface area contributed by atoms with Crippen LogP contribution in [0.5, 0.6) is 5.75 Å². The van der Waals surface area contributed by atoms with Crippen molar-refractivity contribution in [3.63, 3.8) is 0 Å². The Balaban J connectivity index is 2.06. The molecule has 30 heavy (non-hydrogen) atoms. The minimum atomic E-state index is -0.826. The summed E-state index contributed by atoms with van der Waals surface area (Å²) in [5.74, 6) is -0.0397. The molecule has 0 radical (unpaired) electrons. The number of aliphatic carboxylic acids is 1. The van der Waals surface area contributed by atoms with Gasteiger partial charge >= 0.3 is 5.97 Å². The Morgan fingerprint density at radius 1 is 1.27 bits per heavy atom. The lowest BCUT2D eigenvalue weighted by molar-refractivity contribution is -0.136. The van der Waals surface area contributed by atoms with E-state index in [1.807, 2.05) is 61.9 Å². The van der Waals surface area contributed by atoms with Crippen molar-refractivity contribution in [3.05, 3.63) is 82.2 Å². The Morgan fingerprint density at radius 2 is 1.97 bits per heavy atom. The fraction of sp³-hybridized carbons (Fsp3) is 0.333. The summed E-state index contributed by atoms with van der Waals surface area (Å²) in [6, 6.07) is 7.89. The van der Waals surface area contributed by atoms with Gasteiger partial charge in [-0.3, -0.25) is 9.48 Å². The molecule has 0 unspecified atom stereocenters. The molecule has 0 saturated heterocycles. The lowest BCUT2D eigenvalue weighted by atomic mass is 10.1. The first kappa shape index (κ1) is 23.5. The number of allylic oxidation sites excluding steroid dienone is 4. The Morgan fingerprint density at radius 3 is 2.53 bits per heavy atom. The van der Waals surface area contributed by atoms with Crippen LogP contribution >= 0.6 is 11.6 Å². The third-order valence-corrected chi connectivity index (χ3v) is 4.75. The predicted molar refractivity (Wildman–Crippen MR) is 121 cm³/mol. The first-order chi connectivity index (χ1) is 14.3. The van der Waals surface area contributed by atoms with Crippen molar-refractivity contribution in [2.24, 2.45) is 0 Å². The average molecular weight is 429 g/mol. The molecule has 0 amide bonds. The molecular weight excluding hydrogens is 400 g/mol. The number of nitrogens with zero attached hydrogens (tertiary/aromatic N) is 2. The van der Waals surface area contributed by atoms with E-state index in [1.54, 1.807) is 6.08 Å². The fourth-order valence-corrected chi connectivity index (χ4v) is 3.25. The molecule has 0 aliphatic rings. The van der Waals surface area contributed by atoms with E-state index in [1.165, 1.54) is 0 Å². The van der Waals surface area contributed by atoms with Crippen molar-refractivity contribution >= 4 is 17.6 Å². The number of aromatic nitrogens is 2. The fourth-order valence-electron chi connectivity index (χ4n) is 3.18. The van der Waals surface area contributed by atoms with Gasteiger partial charge in [0.15, 0.2) is 0 Å². The quantitative estimate of drug-likeness (QED) is 0.492. The Kier molecular flexibility index (Phi) is 8.93. The molecule has 0 saturated carbocycles. The van der Waals surface area contributed by atoms with E-state index in [-0.39, 0.29) is 6.42 Å². The molecule has 1 aromatic heterocycles. The molecule has 160 valence electrons. The summed E-state index contributed by atoms with van der Waals surface area (Å²) in [7, 11) is 0. The van der Waals surface area contributed by atoms with Crippen LogP contribution in [0, 0.1) is 0 Å². The van der Waals surface area contributed by atoms with E-state index in [4.69, 9.17) is 16.3 Å². The van der Waals surface area contributed by atoms with Crippen LogP contribution in [0.25, 0.3) is 0 Å². The Hall–Kier alpha value is -2.79. The summed E-state index contributed by atoms with van der Waals surface area (Å²) in [5, 5.41) is 14.4. The summed E-state index contributed by atoms with van der Waals surface area (Å²) in [6.45, 7) is 10.7. The van der Waals surface area contributed by atoms with Gasteiger partial charge in [0, 0.05) is 16.3 Å². The summed E-state index contributed by atoms with van der Waals surface area (Å²) >= 11 is 5.69. The number of rotatable bonds is 11. The van der Waals surface area contributed by atoms with Gasteiger partial charge in [-0.2, -0.15) is 5.10 Å². The SMILES string of the molecule is C=C(Cl)/C=C\C=C(/C)COc1ccc(Cn2nc(CC)c(CC(=O)O)c2CC)cc1. The number of ether oxygens (including phenoxy) is 1. The molecule has 1 aromatic carbocycles. The second-order valence-electron chi connectivity index (χ2n) is 7.06. The highest BCUT2D eigenvalue weighted by molar-refractivity contribution is 6.30. The van der Waals surface area contributed by atoms with E-state index in [0.29, 0.717) is 18.2 Å². The number of hydrogen-bond donors (Lipinski definition) is 1. The largest absolute Gasteiger partial charge is 0.489 e. The first-order valence-corrected chi connectivity index (χ1v) is 10.4. The summed E-state index contributed by atoms with van der Waals surface area (Å²) in [5.41, 5.74) is 4.85. The van der Waals surface area contributed by atoms with Gasteiger partial charge in [-0.15, -0.1) is 0 Å². The average Bonchev–Trinajstić information content (AvgIpc) is 3.02. The van der Waals surface area contributed by atoms with Crippen LogP contribution < -0.4 is 4.74 Å². The maximum Gasteiger partial charge on any atom is 0.307 e. The molecule has 0 aliphatic heterocycles. The van der Waals surface area contributed by atoms with E-state index in [0.717, 1.165) is 46.7 Å². The summed E-state index contributed by atoms with van der Waals surface area (Å²) in [4.78, 5) is 11.2. The number of carbonyl (C=O) groups is 1. The van der Waals surface area contributed by atoms with E-state index in [9.17, 15) is 9.90 Å². The van der Waals surface area contributed by atoms with Gasteiger partial charge < -0.3 is 9.84 Å². The third-order valence-electron chi connectivity index (χ3n) is 4.63.